The molecule has 1 aliphatic heterocycles. The highest BCUT2D eigenvalue weighted by atomic mass is 32.2. The third-order valence-corrected chi connectivity index (χ3v) is 4.29. The van der Waals surface area contributed by atoms with Crippen LogP contribution in [0.25, 0.3) is 0 Å². The molecule has 0 fully saturated rings. The number of carbonyl (C=O) groups excluding carboxylic acids is 1. The summed E-state index contributed by atoms with van der Waals surface area (Å²) in [7, 11) is 0. The predicted molar refractivity (Wildman–Crippen MR) is 86.8 cm³/mol. The zero-order valence-corrected chi connectivity index (χ0v) is 12.4. The Balaban J connectivity index is 1.68. The summed E-state index contributed by atoms with van der Waals surface area (Å²) in [6.07, 6.45) is 1.37. The van der Waals surface area contributed by atoms with Gasteiger partial charge < -0.3 is 9.62 Å². The Morgan fingerprint density at radius 2 is 1.90 bits per heavy atom. The minimum atomic E-state index is -0.0145. The molecular formula is C17H16N2OS. The molecule has 2 aromatic carbocycles. The van der Waals surface area contributed by atoms with Crippen LogP contribution in [-0.2, 0) is 17.9 Å². The van der Waals surface area contributed by atoms with Gasteiger partial charge in [0.2, 0.25) is 5.91 Å². The number of anilines is 1. The highest BCUT2D eigenvalue weighted by Crippen LogP contribution is 2.28. The first kappa shape index (κ1) is 13.8. The molecule has 0 saturated carbocycles. The molecule has 1 aliphatic rings. The molecule has 2 aromatic rings. The minimum absolute atomic E-state index is 0.0145. The summed E-state index contributed by atoms with van der Waals surface area (Å²) in [5.74, 6) is -0.0145. The van der Waals surface area contributed by atoms with Crippen molar-refractivity contribution in [1.82, 2.24) is 4.90 Å². The summed E-state index contributed by atoms with van der Waals surface area (Å²) < 4.78 is 3.34. The zero-order valence-electron chi connectivity index (χ0n) is 11.6. The number of benzene rings is 2. The van der Waals surface area contributed by atoms with E-state index in [1.807, 2.05) is 18.2 Å². The third kappa shape index (κ3) is 3.11. The summed E-state index contributed by atoms with van der Waals surface area (Å²) in [5.41, 5.74) is 3.46. The summed E-state index contributed by atoms with van der Waals surface area (Å²) in [6, 6.07) is 16.4. The van der Waals surface area contributed by atoms with Crippen LogP contribution < -0.4 is 4.72 Å². The van der Waals surface area contributed by atoms with Gasteiger partial charge in [0.05, 0.1) is 0 Å². The second-order valence-corrected chi connectivity index (χ2v) is 5.78. The second-order valence-electron chi connectivity index (χ2n) is 4.90. The molecule has 0 spiro atoms. The van der Waals surface area contributed by atoms with Crippen LogP contribution in [0.5, 0.6) is 0 Å². The van der Waals surface area contributed by atoms with Crippen LogP contribution in [0.1, 0.15) is 11.1 Å². The smallest absolute Gasteiger partial charge is 0.246 e. The Morgan fingerprint density at radius 3 is 2.67 bits per heavy atom. The predicted octanol–water partition coefficient (Wildman–Crippen LogP) is 3.83. The largest absolute Gasteiger partial charge is 0.331 e. The zero-order chi connectivity index (χ0) is 14.7. The third-order valence-electron chi connectivity index (χ3n) is 3.44. The molecule has 1 heterocycles. The number of nitrogens with zero attached hydrogens (tertiary/aromatic N) is 1. The van der Waals surface area contributed by atoms with Crippen molar-refractivity contribution in [3.8, 4) is 0 Å². The van der Waals surface area contributed by atoms with Gasteiger partial charge in [-0.15, -0.1) is 0 Å². The van der Waals surface area contributed by atoms with E-state index in [9.17, 15) is 4.79 Å². The first-order chi connectivity index (χ1) is 10.3. The van der Waals surface area contributed by atoms with Crippen LogP contribution in [0, 0.1) is 0 Å². The Bertz CT molecular complexity index is 670. The minimum Gasteiger partial charge on any atom is -0.331 e. The number of rotatable bonds is 4. The SMILES string of the molecule is C=CC(=O)N1Cc2ccc(NSc3ccccc3)cc2C1. The van der Waals surface area contributed by atoms with Crippen molar-refractivity contribution in [3.63, 3.8) is 0 Å². The van der Waals surface area contributed by atoms with Gasteiger partial charge in [0.15, 0.2) is 0 Å². The molecule has 0 aromatic heterocycles. The molecule has 21 heavy (non-hydrogen) atoms. The van der Waals surface area contributed by atoms with Crippen LogP contribution in [0.4, 0.5) is 5.69 Å². The van der Waals surface area contributed by atoms with Crippen molar-refractivity contribution < 1.29 is 4.79 Å². The van der Waals surface area contributed by atoms with E-state index in [1.54, 1.807) is 16.8 Å². The summed E-state index contributed by atoms with van der Waals surface area (Å²) in [4.78, 5) is 14.6. The maximum absolute atomic E-state index is 11.7. The van der Waals surface area contributed by atoms with Gasteiger partial charge in [0, 0.05) is 23.7 Å². The molecule has 0 unspecified atom stereocenters. The van der Waals surface area contributed by atoms with Gasteiger partial charge in [-0.05, 0) is 53.4 Å². The van der Waals surface area contributed by atoms with E-state index in [1.165, 1.54) is 22.1 Å². The first-order valence-electron chi connectivity index (χ1n) is 6.77. The molecule has 4 heteroatoms. The van der Waals surface area contributed by atoms with E-state index in [-0.39, 0.29) is 5.91 Å². The van der Waals surface area contributed by atoms with Crippen molar-refractivity contribution in [1.29, 1.82) is 0 Å². The van der Waals surface area contributed by atoms with Crippen molar-refractivity contribution >= 4 is 23.5 Å². The Hall–Kier alpha value is -2.20. The standard InChI is InChI=1S/C17H16N2OS/c1-2-17(20)19-11-13-8-9-15(10-14(13)12-19)18-21-16-6-4-3-5-7-16/h2-10,18H,1,11-12H2. The van der Waals surface area contributed by atoms with E-state index in [4.69, 9.17) is 0 Å². The fourth-order valence-corrected chi connectivity index (χ4v) is 3.01. The summed E-state index contributed by atoms with van der Waals surface area (Å²) in [6.45, 7) is 4.87. The van der Waals surface area contributed by atoms with E-state index in [0.717, 1.165) is 5.69 Å². The van der Waals surface area contributed by atoms with Crippen molar-refractivity contribution in [3.05, 3.63) is 72.3 Å². The molecule has 3 rings (SSSR count). The number of carbonyl (C=O) groups is 1. The summed E-state index contributed by atoms with van der Waals surface area (Å²) >= 11 is 1.58. The Morgan fingerprint density at radius 1 is 1.14 bits per heavy atom. The highest BCUT2D eigenvalue weighted by molar-refractivity contribution is 8.00. The fourth-order valence-electron chi connectivity index (χ4n) is 2.35. The molecule has 0 atom stereocenters. The van der Waals surface area contributed by atoms with Crippen molar-refractivity contribution in [2.45, 2.75) is 18.0 Å². The maximum Gasteiger partial charge on any atom is 0.246 e. The van der Waals surface area contributed by atoms with Crippen molar-refractivity contribution in [2.24, 2.45) is 0 Å². The van der Waals surface area contributed by atoms with Gasteiger partial charge in [0.1, 0.15) is 0 Å². The summed E-state index contributed by atoms with van der Waals surface area (Å²) in [5, 5.41) is 0. The molecular weight excluding hydrogens is 280 g/mol. The highest BCUT2D eigenvalue weighted by Gasteiger charge is 2.21. The Labute approximate surface area is 128 Å². The van der Waals surface area contributed by atoms with E-state index in [2.05, 4.69) is 41.6 Å². The quantitative estimate of drug-likeness (QED) is 0.687. The molecule has 0 saturated heterocycles. The normalized spacial score (nSPS) is 12.9. The molecule has 1 amide bonds. The molecule has 1 N–H and O–H groups in total. The number of hydrogen-bond acceptors (Lipinski definition) is 3. The molecule has 0 aliphatic carbocycles. The molecule has 0 radical (unpaired) electrons. The van der Waals surface area contributed by atoms with E-state index in [0.29, 0.717) is 13.1 Å². The van der Waals surface area contributed by atoms with Gasteiger partial charge in [-0.2, -0.15) is 0 Å². The fraction of sp³-hybridized carbons (Fsp3) is 0.118. The number of amides is 1. The van der Waals surface area contributed by atoms with Gasteiger partial charge in [-0.25, -0.2) is 0 Å². The lowest BCUT2D eigenvalue weighted by Gasteiger charge is -2.11. The van der Waals surface area contributed by atoms with E-state index < -0.39 is 0 Å². The average Bonchev–Trinajstić information content (AvgIpc) is 2.96. The lowest BCUT2D eigenvalue weighted by atomic mass is 10.1. The van der Waals surface area contributed by atoms with Crippen LogP contribution in [-0.4, -0.2) is 10.8 Å². The van der Waals surface area contributed by atoms with Gasteiger partial charge in [-0.3, -0.25) is 4.79 Å². The average molecular weight is 296 g/mol. The van der Waals surface area contributed by atoms with Crippen molar-refractivity contribution in [2.75, 3.05) is 4.72 Å². The topological polar surface area (TPSA) is 32.3 Å². The maximum atomic E-state index is 11.7. The number of nitrogens with one attached hydrogen (secondary N) is 1. The van der Waals surface area contributed by atoms with Gasteiger partial charge in [-0.1, -0.05) is 30.8 Å². The van der Waals surface area contributed by atoms with Crippen LogP contribution in [0.2, 0.25) is 0 Å². The van der Waals surface area contributed by atoms with Crippen LogP contribution in [0.3, 0.4) is 0 Å². The van der Waals surface area contributed by atoms with Crippen LogP contribution >= 0.6 is 11.9 Å². The molecule has 0 bridgehead atoms. The number of hydrogen-bond donors (Lipinski definition) is 1. The monoisotopic (exact) mass is 296 g/mol. The lowest BCUT2D eigenvalue weighted by Crippen LogP contribution is -2.22. The van der Waals surface area contributed by atoms with Gasteiger partial charge in [0.25, 0.3) is 0 Å². The first-order valence-corrected chi connectivity index (χ1v) is 7.59. The molecule has 106 valence electrons. The van der Waals surface area contributed by atoms with Crippen LogP contribution in [0.15, 0.2) is 66.1 Å². The Kier molecular flexibility index (Phi) is 3.97. The molecule has 3 nitrogen and oxygen atoms in total. The lowest BCUT2D eigenvalue weighted by molar-refractivity contribution is -0.126. The second kappa shape index (κ2) is 6.06. The van der Waals surface area contributed by atoms with E-state index >= 15 is 0 Å². The van der Waals surface area contributed by atoms with Gasteiger partial charge >= 0.3 is 0 Å². The number of fused-ring (bicyclic) bond motifs is 1.